The molecule has 0 aliphatic carbocycles. The van der Waals surface area contributed by atoms with Crippen molar-refractivity contribution in [1.29, 1.82) is 0 Å². The highest BCUT2D eigenvalue weighted by atomic mass is 35.5. The first-order valence-corrected chi connectivity index (χ1v) is 10.0. The highest BCUT2D eigenvalue weighted by Crippen LogP contribution is 2.30. The number of halogens is 1. The molecule has 0 radical (unpaired) electrons. The Labute approximate surface area is 193 Å². The van der Waals surface area contributed by atoms with Crippen molar-refractivity contribution in [3.63, 3.8) is 0 Å². The summed E-state index contributed by atoms with van der Waals surface area (Å²) < 4.78 is 16.5. The van der Waals surface area contributed by atoms with Crippen molar-refractivity contribution in [2.75, 3.05) is 0 Å². The van der Waals surface area contributed by atoms with Gasteiger partial charge in [-0.3, -0.25) is 4.79 Å². The summed E-state index contributed by atoms with van der Waals surface area (Å²) in [6.45, 7) is 1.88. The van der Waals surface area contributed by atoms with E-state index >= 15 is 0 Å². The zero-order valence-electron chi connectivity index (χ0n) is 17.8. The van der Waals surface area contributed by atoms with E-state index < -0.39 is 12.0 Å². The number of carbonyl (C=O) groups excluding carboxylic acids is 2. The van der Waals surface area contributed by atoms with Gasteiger partial charge in [-0.25, -0.2) is 4.79 Å². The molecule has 32 heavy (non-hydrogen) atoms. The van der Waals surface area contributed by atoms with Crippen LogP contribution in [0.3, 0.4) is 0 Å². The molecule has 0 amide bonds. The van der Waals surface area contributed by atoms with Gasteiger partial charge in [-0.2, -0.15) is 0 Å². The first-order chi connectivity index (χ1) is 15.0. The summed E-state index contributed by atoms with van der Waals surface area (Å²) >= 11 is 0. The van der Waals surface area contributed by atoms with E-state index in [9.17, 15) is 9.59 Å². The van der Waals surface area contributed by atoms with E-state index in [0.717, 1.165) is 16.7 Å². The Hall–Kier alpha value is -3.35. The molecule has 0 unspecified atom stereocenters. The zero-order valence-corrected chi connectivity index (χ0v) is 18.6. The minimum atomic E-state index is -0.593. The number of rotatable bonds is 9. The van der Waals surface area contributed by atoms with E-state index in [2.05, 4.69) is 5.73 Å². The summed E-state index contributed by atoms with van der Waals surface area (Å²) in [6, 6.07) is 23.8. The van der Waals surface area contributed by atoms with E-state index in [-0.39, 0.29) is 25.0 Å². The van der Waals surface area contributed by atoms with Crippen LogP contribution in [0.5, 0.6) is 11.5 Å². The lowest BCUT2D eigenvalue weighted by molar-refractivity contribution is -0.408. The Kier molecular flexibility index (Phi) is 9.73. The van der Waals surface area contributed by atoms with E-state index in [1.807, 2.05) is 66.7 Å². The number of ether oxygens (including phenoxy) is 3. The number of hydrogen-bond donors (Lipinski definition) is 1. The van der Waals surface area contributed by atoms with E-state index in [1.54, 1.807) is 12.1 Å². The largest absolute Gasteiger partial charge is 1.00 e. The van der Waals surface area contributed by atoms with Gasteiger partial charge in [0.1, 0.15) is 13.2 Å². The number of esters is 2. The summed E-state index contributed by atoms with van der Waals surface area (Å²) in [5, 5.41) is 0. The maximum absolute atomic E-state index is 12.3. The van der Waals surface area contributed by atoms with Crippen molar-refractivity contribution in [1.82, 2.24) is 0 Å². The van der Waals surface area contributed by atoms with E-state index in [1.165, 1.54) is 6.92 Å². The van der Waals surface area contributed by atoms with Gasteiger partial charge in [-0.1, -0.05) is 66.7 Å². The quantitative estimate of drug-likeness (QED) is 0.365. The van der Waals surface area contributed by atoms with Crippen molar-refractivity contribution < 1.29 is 41.9 Å². The lowest BCUT2D eigenvalue weighted by Crippen LogP contribution is -3.00. The van der Waals surface area contributed by atoms with Gasteiger partial charge in [0.25, 0.3) is 0 Å². The fourth-order valence-electron chi connectivity index (χ4n) is 2.98. The molecule has 0 aliphatic heterocycles. The molecule has 0 spiro atoms. The third-order valence-corrected chi connectivity index (χ3v) is 4.54. The van der Waals surface area contributed by atoms with Gasteiger partial charge in [0.05, 0.1) is 0 Å². The van der Waals surface area contributed by atoms with E-state index in [4.69, 9.17) is 14.2 Å². The standard InChI is InChI=1S/C25H25NO5.ClH/c1-18(27)31-24-15-21(12-13-23(24)29-16-19-8-4-2-5-9-19)14-22(26)25(28)30-17-20-10-6-3-7-11-20;/h2-13,15,22H,14,16-17,26H2,1H3;1H/t22-;/m0./s1. The monoisotopic (exact) mass is 455 g/mol. The van der Waals surface area contributed by atoms with Crippen LogP contribution in [0.15, 0.2) is 78.9 Å². The summed E-state index contributed by atoms with van der Waals surface area (Å²) in [6.07, 6.45) is 0.348. The minimum Gasteiger partial charge on any atom is -1.00 e. The van der Waals surface area contributed by atoms with Crippen LogP contribution < -0.4 is 27.6 Å². The first kappa shape index (κ1) is 24.9. The minimum absolute atomic E-state index is 0. The maximum atomic E-state index is 12.3. The highest BCUT2D eigenvalue weighted by Gasteiger charge is 2.21. The number of quaternary nitrogens is 1. The van der Waals surface area contributed by atoms with Crippen molar-refractivity contribution in [3.05, 3.63) is 95.6 Å². The molecule has 3 aromatic rings. The van der Waals surface area contributed by atoms with Crippen LogP contribution >= 0.6 is 0 Å². The number of benzene rings is 3. The predicted molar refractivity (Wildman–Crippen MR) is 115 cm³/mol. The molecule has 0 aliphatic rings. The third-order valence-electron chi connectivity index (χ3n) is 4.54. The molecule has 0 saturated carbocycles. The topological polar surface area (TPSA) is 89.5 Å². The molecular weight excluding hydrogens is 430 g/mol. The highest BCUT2D eigenvalue weighted by molar-refractivity contribution is 5.74. The molecule has 0 fully saturated rings. The second-order valence-corrected chi connectivity index (χ2v) is 7.14. The van der Waals surface area contributed by atoms with E-state index in [0.29, 0.717) is 24.5 Å². The van der Waals surface area contributed by atoms with Gasteiger partial charge in [0, 0.05) is 13.3 Å². The molecule has 0 saturated heterocycles. The Bertz CT molecular complexity index is 1010. The van der Waals surface area contributed by atoms with Crippen molar-refractivity contribution in [2.45, 2.75) is 32.6 Å². The number of carbonyl (C=O) groups is 2. The molecular formula is C25H26ClNO5. The van der Waals surface area contributed by atoms with Crippen molar-refractivity contribution in [2.24, 2.45) is 0 Å². The predicted octanol–water partition coefficient (Wildman–Crippen LogP) is 0.0913. The van der Waals surface area contributed by atoms with Crippen molar-refractivity contribution in [3.8, 4) is 11.5 Å². The average molecular weight is 456 g/mol. The second kappa shape index (κ2) is 12.5. The fourth-order valence-corrected chi connectivity index (χ4v) is 2.98. The molecule has 0 heterocycles. The van der Waals surface area contributed by atoms with Crippen LogP contribution in [0.25, 0.3) is 0 Å². The summed E-state index contributed by atoms with van der Waals surface area (Å²) in [7, 11) is 0. The molecule has 7 heteroatoms. The molecule has 3 aromatic carbocycles. The lowest BCUT2D eigenvalue weighted by Gasteiger charge is -2.14. The third kappa shape index (κ3) is 7.72. The van der Waals surface area contributed by atoms with Gasteiger partial charge in [-0.05, 0) is 28.8 Å². The molecule has 0 aromatic heterocycles. The smallest absolute Gasteiger partial charge is 0.365 e. The SMILES string of the molecule is CC(=O)Oc1cc(C[C@H]([NH3+])C(=O)OCc2ccccc2)ccc1OCc1ccccc1.[Cl-]. The average Bonchev–Trinajstić information content (AvgIpc) is 2.78. The Morgan fingerprint density at radius 3 is 2.00 bits per heavy atom. The van der Waals surface area contributed by atoms with Gasteiger partial charge in [-0.15, -0.1) is 0 Å². The van der Waals surface area contributed by atoms with Crippen LogP contribution in [0, 0.1) is 0 Å². The molecule has 3 N–H and O–H groups in total. The Morgan fingerprint density at radius 1 is 0.812 bits per heavy atom. The van der Waals surface area contributed by atoms with Gasteiger partial charge < -0.3 is 32.4 Å². The second-order valence-electron chi connectivity index (χ2n) is 7.14. The molecule has 0 bridgehead atoms. The first-order valence-electron chi connectivity index (χ1n) is 10.0. The van der Waals surface area contributed by atoms with Gasteiger partial charge in [0.2, 0.25) is 0 Å². The maximum Gasteiger partial charge on any atom is 0.365 e. The normalized spacial score (nSPS) is 11.1. The van der Waals surface area contributed by atoms with Crippen LogP contribution in [-0.4, -0.2) is 18.0 Å². The zero-order chi connectivity index (χ0) is 22.1. The Morgan fingerprint density at radius 2 is 1.41 bits per heavy atom. The van der Waals surface area contributed by atoms with Gasteiger partial charge >= 0.3 is 11.9 Å². The lowest BCUT2D eigenvalue weighted by atomic mass is 10.1. The molecule has 1 atom stereocenters. The molecule has 6 nitrogen and oxygen atoms in total. The van der Waals surface area contributed by atoms with Gasteiger partial charge in [0.15, 0.2) is 17.5 Å². The van der Waals surface area contributed by atoms with Crippen LogP contribution in [0.1, 0.15) is 23.6 Å². The molecule has 168 valence electrons. The van der Waals surface area contributed by atoms with Crippen LogP contribution in [-0.2, 0) is 34.0 Å². The van der Waals surface area contributed by atoms with Crippen molar-refractivity contribution >= 4 is 11.9 Å². The fraction of sp³-hybridized carbons (Fsp3) is 0.200. The van der Waals surface area contributed by atoms with Crippen LogP contribution in [0.4, 0.5) is 0 Å². The Balaban J connectivity index is 0.00000363. The summed E-state index contributed by atoms with van der Waals surface area (Å²) in [5.41, 5.74) is 6.63. The number of hydrogen-bond acceptors (Lipinski definition) is 5. The molecule has 3 rings (SSSR count). The summed E-state index contributed by atoms with van der Waals surface area (Å²) in [5.74, 6) is -0.0710. The summed E-state index contributed by atoms with van der Waals surface area (Å²) in [4.78, 5) is 23.9. The van der Waals surface area contributed by atoms with Crippen LogP contribution in [0.2, 0.25) is 0 Å².